The second-order valence-corrected chi connectivity index (χ2v) is 44.0. The van der Waals surface area contributed by atoms with Crippen molar-refractivity contribution in [2.45, 2.75) is 337 Å². The van der Waals surface area contributed by atoms with Crippen molar-refractivity contribution in [1.29, 1.82) is 0 Å². The smallest absolute Gasteiger partial charge is 0.380 e. The largest absolute Gasteiger partial charge is 1.00 e. The number of imide groups is 2. The van der Waals surface area contributed by atoms with Gasteiger partial charge in [-0.05, 0) is 127 Å². The zero-order valence-corrected chi connectivity index (χ0v) is 97.5. The SMILES string of the molecule is C.C.CCCCSC(C=NC)C(C=NC)SCCCC(=O)COCCOCC(C)=O.CCCCSC(C=O)C(C=O)SCCCC(=O)COCCOCC(C)=O.CCCCSC1CCC1SCCCC(=O)COCCOCC(C)=O.CN.NCCSC1CCC1SCCN.O=C(CCOCCC(=O)ON1C(=O)CCC1=O)ON1C(=O)CCC1=O.[B]CCCCC.[B]CCCCC.[B]CCCCC.[Na+].[O-][I+3]([O-])([O-])[O-]. The Balaban J connectivity index is -0.000000212. The Hall–Kier alpha value is -1.92. The number of halogens is 1. The number of hydrogen-bond acceptors (Lipinski definition) is 40. The van der Waals surface area contributed by atoms with Crippen molar-refractivity contribution in [3.8, 4) is 0 Å². The Morgan fingerprint density at radius 3 is 0.846 bits per heavy atom. The number of unbranched alkanes of at least 4 members (excludes halogenated alkanes) is 9. The van der Waals surface area contributed by atoms with Crippen molar-refractivity contribution in [3.05, 3.63) is 0 Å². The van der Waals surface area contributed by atoms with Gasteiger partial charge in [0.1, 0.15) is 72.3 Å². The third-order valence-electron chi connectivity index (χ3n) is 18.4. The Morgan fingerprint density at radius 2 is 0.615 bits per heavy atom. The fourth-order valence-electron chi connectivity index (χ4n) is 10.8. The van der Waals surface area contributed by atoms with Crippen LogP contribution in [0.3, 0.4) is 0 Å². The predicted molar refractivity (Wildman–Crippen MR) is 580 cm³/mol. The molecule has 824 valence electrons. The number of hydroxylamine groups is 4. The third kappa shape index (κ3) is 110. The summed E-state index contributed by atoms with van der Waals surface area (Å²) in [6.45, 7) is 21.4. The normalized spacial score (nSPS) is 15.5. The molecule has 0 aromatic heterocycles. The monoisotopic (exact) mass is 2300 g/mol. The van der Waals surface area contributed by atoms with Gasteiger partial charge in [-0.1, -0.05) is 152 Å². The summed E-state index contributed by atoms with van der Waals surface area (Å²) >= 11 is 9.01. The van der Waals surface area contributed by atoms with Crippen molar-refractivity contribution in [1.82, 2.24) is 10.1 Å². The quantitative estimate of drug-likeness (QED) is 0.0184. The van der Waals surface area contributed by atoms with E-state index in [0.29, 0.717) is 73.2 Å². The van der Waals surface area contributed by atoms with Crippen LogP contribution in [0.1, 0.15) is 276 Å². The van der Waals surface area contributed by atoms with E-state index in [9.17, 15) is 67.1 Å². The first-order valence-corrected chi connectivity index (χ1v) is 60.7. The number of rotatable bonds is 77. The van der Waals surface area contributed by atoms with E-state index in [0.717, 1.165) is 126 Å². The van der Waals surface area contributed by atoms with Crippen molar-refractivity contribution in [2.75, 3.05) is 173 Å². The molecule has 0 spiro atoms. The second-order valence-electron chi connectivity index (χ2n) is 31.3. The van der Waals surface area contributed by atoms with E-state index in [1.807, 2.05) is 78.3 Å². The molecule has 143 heavy (non-hydrogen) atoms. The standard InChI is InChI=1S/C20H36N2O4S2.C18H30O6S2.C18H32O4S2.C14H16N2O9.C8H18N2S2.3C5H11B.CH5N.2CH4.IO4.Na/c1-5-6-11-27-19(13-21-3)20(14-22-4)28-12-7-8-18(24)16-26-10-9-25-15-17(2)23;1-3-4-9-25-17(11-19)18(12-20)26-10-5-6-16(22)14-24-8-7-23-13-15(2)21;1-3-4-11-23-17-7-8-18(17)24-12-5-6-16(20)14-22-10-9-21-13-15(2)19;17-9-1-2-10(18)15(9)24-13(21)5-7-23-8-6-14(22)25-16-11(19)3-4-12(16)20;9-3-5-11-7-1-2-8(7)12-6-4-10;3*1-2-3-4-5-6;1-2;;;2-1(3,4)5;/h13-14,19-20H,5-12,15-16H2,1-4H3;11-12,17-18H,3-10,13-14H2,1-2H3;17-18H,3-14H2,1-2H3;1-8H2;7-8H,1-6,9-10H2;3*2-5H2,1H3;2H2,1H3;2*1H4;;/q;;;;;;;;;;;-1;+1. The summed E-state index contributed by atoms with van der Waals surface area (Å²) in [5.74, 6) is 4.37. The van der Waals surface area contributed by atoms with Crippen LogP contribution in [0, 0.1) is 0 Å². The van der Waals surface area contributed by atoms with Crippen LogP contribution < -0.4 is 80.6 Å². The van der Waals surface area contributed by atoms with Crippen LogP contribution in [-0.2, 0) is 110 Å². The number of aldehydes is 2. The number of amides is 4. The maximum Gasteiger partial charge on any atom is 1.00 e. The van der Waals surface area contributed by atoms with E-state index in [-0.39, 0.29) is 199 Å². The number of ether oxygens (including phenoxy) is 7. The van der Waals surface area contributed by atoms with Gasteiger partial charge in [-0.2, -0.15) is 70.6 Å². The number of nitrogens with zero attached hydrogens (tertiary/aromatic N) is 4. The summed E-state index contributed by atoms with van der Waals surface area (Å²) in [6.07, 6.45) is 35.5. The minimum absolute atomic E-state index is 0. The van der Waals surface area contributed by atoms with Gasteiger partial charge in [0.05, 0.1) is 110 Å². The van der Waals surface area contributed by atoms with E-state index in [2.05, 4.69) is 78.7 Å². The minimum atomic E-state index is -5.94. The number of Topliss-reactive ketones (excluding diaryl/α,β-unsaturated/α-hetero) is 6. The summed E-state index contributed by atoms with van der Waals surface area (Å²) in [5.41, 5.74) is 15.4. The van der Waals surface area contributed by atoms with E-state index < -0.39 is 55.7 Å². The average Bonchev–Trinajstić information content (AvgIpc) is 1.84. The zero-order chi connectivity index (χ0) is 106. The van der Waals surface area contributed by atoms with E-state index in [4.69, 9.17) is 81.9 Å². The Kier molecular flexibility index (Phi) is 132. The molecule has 34 nitrogen and oxygen atoms in total. The van der Waals surface area contributed by atoms with E-state index in [1.165, 1.54) is 166 Å². The predicted octanol–water partition coefficient (Wildman–Crippen LogP) is 4.77. The molecule has 2 aliphatic heterocycles. The van der Waals surface area contributed by atoms with Crippen LogP contribution >= 0.6 is 94.1 Å². The molecule has 2 saturated heterocycles. The molecule has 2 aliphatic carbocycles. The summed E-state index contributed by atoms with van der Waals surface area (Å²) in [7, 11) is 20.7. The first-order chi connectivity index (χ1) is 67.2. The van der Waals surface area contributed by atoms with Crippen LogP contribution in [0.15, 0.2) is 9.98 Å². The number of thioether (sulfide) groups is 8. The molecule has 0 bridgehead atoms. The van der Waals surface area contributed by atoms with Gasteiger partial charge in [0.15, 0.2) is 34.7 Å². The molecule has 0 aromatic carbocycles. The molecule has 47 heteroatoms. The number of carbonyl (C=O) groups is 14. The maximum atomic E-state index is 11.9. The van der Waals surface area contributed by atoms with Crippen LogP contribution in [0.5, 0.6) is 0 Å². The molecule has 0 aromatic rings. The third-order valence-corrected chi connectivity index (χ3v) is 30.4. The number of nitrogens with two attached hydrogens (primary N) is 3. The van der Waals surface area contributed by atoms with Crippen LogP contribution in [0.2, 0.25) is 19.0 Å². The molecule has 4 fully saturated rings. The molecule has 4 aliphatic rings. The first-order valence-electron chi connectivity index (χ1n) is 48.8. The van der Waals surface area contributed by atoms with Gasteiger partial charge in [-0.15, -0.1) is 33.7 Å². The number of carbonyl (C=O) groups excluding carboxylic acids is 14. The molecule has 2 saturated carbocycles. The second kappa shape index (κ2) is 119. The van der Waals surface area contributed by atoms with Gasteiger partial charge >= 0.3 is 41.5 Å². The Morgan fingerprint density at radius 1 is 0.378 bits per heavy atom. The average molecular weight is 2300 g/mol. The van der Waals surface area contributed by atoms with Gasteiger partial charge in [-0.25, -0.2) is 9.59 Å². The van der Waals surface area contributed by atoms with Crippen molar-refractivity contribution in [2.24, 2.45) is 27.2 Å². The first kappa shape index (κ1) is 159. The molecule has 6 N–H and O–H groups in total. The van der Waals surface area contributed by atoms with Gasteiger partial charge in [0, 0.05) is 117 Å². The molecule has 8 unspecified atom stereocenters. The number of hydrogen-bond donors (Lipinski definition) is 3. The van der Waals surface area contributed by atoms with Crippen molar-refractivity contribution in [3.63, 3.8) is 0 Å². The van der Waals surface area contributed by atoms with Gasteiger partial charge in [0.2, 0.25) is 0 Å². The zero-order valence-electron chi connectivity index (χ0n) is 86.9. The maximum absolute atomic E-state index is 11.9. The minimum Gasteiger partial charge on any atom is -0.380 e. The molecule has 2 heterocycles. The summed E-state index contributed by atoms with van der Waals surface area (Å²) in [4.78, 5) is 175. The molecule has 8 atom stereocenters. The number of aliphatic imine (C=N–C) groups is 2. The molecule has 4 amide bonds. The van der Waals surface area contributed by atoms with Crippen LogP contribution in [-0.4, -0.2) is 344 Å². The Labute approximate surface area is 925 Å². The fourth-order valence-corrected chi connectivity index (χ4v) is 21.8. The van der Waals surface area contributed by atoms with E-state index in [1.54, 1.807) is 7.05 Å². The molecule has 6 radical (unpaired) electrons. The van der Waals surface area contributed by atoms with Gasteiger partial charge in [-0.3, -0.25) is 71.7 Å². The molecular formula is C96H178B3IN7NaO27S8. The summed E-state index contributed by atoms with van der Waals surface area (Å²) in [5, 5.41) is 4.13. The molecular weight excluding hydrogens is 2120 g/mol. The summed E-state index contributed by atoms with van der Waals surface area (Å²) < 4.78 is 70.4. The fraction of sp³-hybridized carbons (Fsp3) is 0.833. The van der Waals surface area contributed by atoms with Crippen molar-refractivity contribution < 1.29 is 173 Å². The summed E-state index contributed by atoms with van der Waals surface area (Å²) in [6, 6.07) is 0. The van der Waals surface area contributed by atoms with Gasteiger partial charge in [0.25, 0.3) is 23.6 Å². The number of ketones is 6. The van der Waals surface area contributed by atoms with Crippen LogP contribution in [0.25, 0.3) is 0 Å². The van der Waals surface area contributed by atoms with Gasteiger partial charge < -0.3 is 69.6 Å². The van der Waals surface area contributed by atoms with Crippen molar-refractivity contribution >= 4 is 213 Å². The van der Waals surface area contributed by atoms with Crippen LogP contribution in [0.4, 0.5) is 0 Å². The molecule has 4 rings (SSSR count). The Bertz CT molecular complexity index is 3050. The topological polar surface area (TPSA) is 524 Å². The van der Waals surface area contributed by atoms with E-state index >= 15 is 0 Å².